The molecule has 0 N–H and O–H groups in total. The minimum atomic E-state index is -0.653. The van der Waals surface area contributed by atoms with Crippen LogP contribution in [-0.2, 0) is 4.74 Å². The molecule has 1 aliphatic rings. The zero-order chi connectivity index (χ0) is 13.9. The molecule has 0 atom stereocenters. The monoisotopic (exact) mass is 260 g/mol. The first-order valence-electron chi connectivity index (χ1n) is 7.37. The summed E-state index contributed by atoms with van der Waals surface area (Å²) in [6.45, 7) is 4.05. The van der Waals surface area contributed by atoms with Gasteiger partial charge in [-0.15, -0.1) is 0 Å². The van der Waals surface area contributed by atoms with Gasteiger partial charge >= 0.3 is 0 Å². The zero-order valence-electron chi connectivity index (χ0n) is 12.2. The Morgan fingerprint density at radius 2 is 1.89 bits per heavy atom. The topological polar surface area (TPSA) is 26.3 Å². The molecule has 1 saturated carbocycles. The highest BCUT2D eigenvalue weighted by atomic mass is 16.5. The fourth-order valence-corrected chi connectivity index (χ4v) is 2.98. The standard InChI is InChI=1S/C17H24O2/c1-4-17(5-2,19-3)16(18)15-12-7-6-11-14(15)13-9-8-10-13/h6-7,11-13H,4-5,8-10H2,1-3H3. The Bertz CT molecular complexity index is 434. The van der Waals surface area contributed by atoms with Gasteiger partial charge in [-0.25, -0.2) is 0 Å². The van der Waals surface area contributed by atoms with Crippen molar-refractivity contribution < 1.29 is 9.53 Å². The molecule has 0 radical (unpaired) electrons. The van der Waals surface area contributed by atoms with E-state index in [-0.39, 0.29) is 5.78 Å². The summed E-state index contributed by atoms with van der Waals surface area (Å²) < 4.78 is 5.59. The molecular weight excluding hydrogens is 236 g/mol. The van der Waals surface area contributed by atoms with Gasteiger partial charge in [-0.1, -0.05) is 44.5 Å². The maximum Gasteiger partial charge on any atom is 0.194 e. The molecule has 1 aromatic carbocycles. The van der Waals surface area contributed by atoms with E-state index in [4.69, 9.17) is 4.74 Å². The van der Waals surface area contributed by atoms with Gasteiger partial charge in [0.25, 0.3) is 0 Å². The number of benzene rings is 1. The van der Waals surface area contributed by atoms with Gasteiger partial charge in [0.1, 0.15) is 5.60 Å². The van der Waals surface area contributed by atoms with Crippen LogP contribution in [0.3, 0.4) is 0 Å². The average Bonchev–Trinajstić information content (AvgIpc) is 2.40. The van der Waals surface area contributed by atoms with E-state index in [0.717, 1.165) is 18.4 Å². The molecule has 19 heavy (non-hydrogen) atoms. The summed E-state index contributed by atoms with van der Waals surface area (Å²) in [5.74, 6) is 0.728. The number of rotatable bonds is 6. The van der Waals surface area contributed by atoms with E-state index in [0.29, 0.717) is 5.92 Å². The second-order valence-electron chi connectivity index (χ2n) is 5.45. The lowest BCUT2D eigenvalue weighted by atomic mass is 9.75. The predicted molar refractivity (Wildman–Crippen MR) is 77.7 cm³/mol. The van der Waals surface area contributed by atoms with E-state index in [1.807, 2.05) is 32.0 Å². The second kappa shape index (κ2) is 5.87. The number of carbonyl (C=O) groups excluding carboxylic acids is 1. The Balaban J connectivity index is 2.37. The second-order valence-corrected chi connectivity index (χ2v) is 5.45. The summed E-state index contributed by atoms with van der Waals surface area (Å²) >= 11 is 0. The highest BCUT2D eigenvalue weighted by Crippen LogP contribution is 2.39. The summed E-state index contributed by atoms with van der Waals surface area (Å²) in [5, 5.41) is 0. The smallest absolute Gasteiger partial charge is 0.194 e. The third kappa shape index (κ3) is 2.46. The number of carbonyl (C=O) groups is 1. The largest absolute Gasteiger partial charge is 0.370 e. The van der Waals surface area contributed by atoms with Gasteiger partial charge in [0.05, 0.1) is 0 Å². The minimum absolute atomic E-state index is 0.155. The lowest BCUT2D eigenvalue weighted by molar-refractivity contribution is -0.00275. The van der Waals surface area contributed by atoms with E-state index in [2.05, 4.69) is 6.07 Å². The minimum Gasteiger partial charge on any atom is -0.370 e. The molecule has 1 aromatic rings. The Morgan fingerprint density at radius 1 is 1.26 bits per heavy atom. The first kappa shape index (κ1) is 14.3. The number of methoxy groups -OCH3 is 1. The van der Waals surface area contributed by atoms with E-state index >= 15 is 0 Å². The van der Waals surface area contributed by atoms with Crippen molar-refractivity contribution in [3.8, 4) is 0 Å². The van der Waals surface area contributed by atoms with Crippen LogP contribution >= 0.6 is 0 Å². The van der Waals surface area contributed by atoms with Crippen molar-refractivity contribution >= 4 is 5.78 Å². The molecule has 0 bridgehead atoms. The third-order valence-electron chi connectivity index (χ3n) is 4.70. The number of ketones is 1. The third-order valence-corrected chi connectivity index (χ3v) is 4.70. The maximum atomic E-state index is 12.9. The van der Waals surface area contributed by atoms with Crippen molar-refractivity contribution in [2.45, 2.75) is 57.5 Å². The first-order valence-corrected chi connectivity index (χ1v) is 7.37. The summed E-state index contributed by atoms with van der Waals surface area (Å²) in [5.41, 5.74) is 1.44. The average molecular weight is 260 g/mol. The molecule has 0 saturated heterocycles. The lowest BCUT2D eigenvalue weighted by Crippen LogP contribution is -2.40. The molecule has 0 amide bonds. The molecule has 0 unspecified atom stereocenters. The number of ether oxygens (including phenoxy) is 1. The van der Waals surface area contributed by atoms with Gasteiger partial charge in [0.15, 0.2) is 5.78 Å². The van der Waals surface area contributed by atoms with Crippen molar-refractivity contribution in [1.82, 2.24) is 0 Å². The lowest BCUT2D eigenvalue weighted by Gasteiger charge is -2.32. The fraction of sp³-hybridized carbons (Fsp3) is 0.588. The summed E-state index contributed by atoms with van der Waals surface area (Å²) in [7, 11) is 1.65. The van der Waals surface area contributed by atoms with Crippen molar-refractivity contribution in [1.29, 1.82) is 0 Å². The van der Waals surface area contributed by atoms with Crippen molar-refractivity contribution in [3.05, 3.63) is 35.4 Å². The van der Waals surface area contributed by atoms with Gasteiger partial charge < -0.3 is 4.74 Å². The molecule has 1 fully saturated rings. The predicted octanol–water partition coefficient (Wildman–Crippen LogP) is 4.34. The van der Waals surface area contributed by atoms with Gasteiger partial charge in [0.2, 0.25) is 0 Å². The van der Waals surface area contributed by atoms with Gasteiger partial charge in [-0.2, -0.15) is 0 Å². The molecule has 2 nitrogen and oxygen atoms in total. The maximum absolute atomic E-state index is 12.9. The summed E-state index contributed by atoms with van der Waals surface area (Å²) in [4.78, 5) is 12.9. The Kier molecular flexibility index (Phi) is 4.41. The van der Waals surface area contributed by atoms with Crippen LogP contribution in [0.4, 0.5) is 0 Å². The van der Waals surface area contributed by atoms with Crippen LogP contribution in [0.15, 0.2) is 24.3 Å². The van der Waals surface area contributed by atoms with Crippen molar-refractivity contribution in [2.75, 3.05) is 7.11 Å². The van der Waals surface area contributed by atoms with Gasteiger partial charge in [0, 0.05) is 12.7 Å². The van der Waals surface area contributed by atoms with Crippen LogP contribution in [0.1, 0.15) is 67.8 Å². The molecule has 1 aliphatic carbocycles. The molecule has 104 valence electrons. The van der Waals surface area contributed by atoms with Gasteiger partial charge in [-0.3, -0.25) is 4.79 Å². The molecule has 2 heteroatoms. The molecule has 0 aromatic heterocycles. The SMILES string of the molecule is CCC(CC)(OC)C(=O)c1ccccc1C1CCC1. The van der Waals surface area contributed by atoms with Crippen LogP contribution in [0.25, 0.3) is 0 Å². The molecular formula is C17H24O2. The van der Waals surface area contributed by atoms with E-state index < -0.39 is 5.60 Å². The Morgan fingerprint density at radius 3 is 2.37 bits per heavy atom. The molecule has 0 aliphatic heterocycles. The fourth-order valence-electron chi connectivity index (χ4n) is 2.98. The summed E-state index contributed by atoms with van der Waals surface area (Å²) in [6.07, 6.45) is 5.14. The highest BCUT2D eigenvalue weighted by molar-refractivity contribution is 6.03. The van der Waals surface area contributed by atoms with Crippen LogP contribution in [-0.4, -0.2) is 18.5 Å². The highest BCUT2D eigenvalue weighted by Gasteiger charge is 2.37. The van der Waals surface area contributed by atoms with Crippen LogP contribution < -0.4 is 0 Å². The van der Waals surface area contributed by atoms with E-state index in [9.17, 15) is 4.79 Å². The Hall–Kier alpha value is -1.15. The quantitative estimate of drug-likeness (QED) is 0.711. The summed E-state index contributed by atoms with van der Waals surface area (Å²) in [6, 6.07) is 8.08. The van der Waals surface area contributed by atoms with Crippen molar-refractivity contribution in [3.63, 3.8) is 0 Å². The van der Waals surface area contributed by atoms with Crippen LogP contribution in [0, 0.1) is 0 Å². The normalized spacial score (nSPS) is 16.2. The number of hydrogen-bond donors (Lipinski definition) is 0. The number of hydrogen-bond acceptors (Lipinski definition) is 2. The van der Waals surface area contributed by atoms with Crippen LogP contribution in [0.5, 0.6) is 0 Å². The van der Waals surface area contributed by atoms with Crippen molar-refractivity contribution in [2.24, 2.45) is 0 Å². The molecule has 0 heterocycles. The zero-order valence-corrected chi connectivity index (χ0v) is 12.2. The number of Topliss-reactive ketones (excluding diaryl/α,β-unsaturated/α-hetero) is 1. The molecule has 2 rings (SSSR count). The van der Waals surface area contributed by atoms with E-state index in [1.165, 1.54) is 24.8 Å². The van der Waals surface area contributed by atoms with E-state index in [1.54, 1.807) is 7.11 Å². The van der Waals surface area contributed by atoms with Gasteiger partial charge in [-0.05, 0) is 37.2 Å². The van der Waals surface area contributed by atoms with Crippen LogP contribution in [0.2, 0.25) is 0 Å². The molecule has 0 spiro atoms. The first-order chi connectivity index (χ1) is 9.18. The Labute approximate surface area is 116 Å².